The number of amides is 2. The minimum Gasteiger partial charge on any atom is -0.444 e. The Kier molecular flexibility index (Phi) is 5.58. The molecule has 0 atom stereocenters. The van der Waals surface area contributed by atoms with Crippen molar-refractivity contribution >= 4 is 33.4 Å². The number of benzene rings is 1. The summed E-state index contributed by atoms with van der Waals surface area (Å²) in [5.41, 5.74) is 0.988. The minimum absolute atomic E-state index is 0.0663. The molecule has 0 radical (unpaired) electrons. The van der Waals surface area contributed by atoms with Gasteiger partial charge in [0.2, 0.25) is 0 Å². The van der Waals surface area contributed by atoms with Crippen LogP contribution in [0.1, 0.15) is 53.0 Å². The van der Waals surface area contributed by atoms with E-state index in [-0.39, 0.29) is 23.6 Å². The third kappa shape index (κ3) is 4.12. The maximum atomic E-state index is 12.9. The van der Waals surface area contributed by atoms with Gasteiger partial charge in [0.05, 0.1) is 11.3 Å². The summed E-state index contributed by atoms with van der Waals surface area (Å²) in [7, 11) is 1.85. The number of carbonyl (C=O) groups excluding carboxylic acids is 2. The van der Waals surface area contributed by atoms with Gasteiger partial charge in [0, 0.05) is 13.1 Å². The zero-order valence-electron chi connectivity index (χ0n) is 14.1. The van der Waals surface area contributed by atoms with E-state index in [2.05, 4.69) is 21.2 Å². The van der Waals surface area contributed by atoms with Crippen LogP contribution in [0.2, 0.25) is 0 Å². The van der Waals surface area contributed by atoms with Gasteiger partial charge in [0.1, 0.15) is 0 Å². The van der Waals surface area contributed by atoms with E-state index in [4.69, 9.17) is 4.42 Å². The van der Waals surface area contributed by atoms with Crippen molar-refractivity contribution in [2.24, 2.45) is 0 Å². The summed E-state index contributed by atoms with van der Waals surface area (Å²) in [5.74, 6) is -0.260. The molecule has 0 saturated heterocycles. The number of furan rings is 1. The molecular formula is C19H21BrN2O3. The SMILES string of the molecule is CN(C(=O)c1ccccc1NC(=O)c1ccc(Br)o1)C1CCCCC1. The van der Waals surface area contributed by atoms with E-state index in [1.54, 1.807) is 36.4 Å². The van der Waals surface area contributed by atoms with Gasteiger partial charge in [-0.1, -0.05) is 31.4 Å². The fourth-order valence-electron chi connectivity index (χ4n) is 3.22. The summed E-state index contributed by atoms with van der Waals surface area (Å²) >= 11 is 3.18. The van der Waals surface area contributed by atoms with Gasteiger partial charge in [0.25, 0.3) is 11.8 Å². The number of hydrogen-bond donors (Lipinski definition) is 1. The molecule has 1 fully saturated rings. The Bertz CT molecular complexity index is 766. The van der Waals surface area contributed by atoms with E-state index in [1.807, 2.05) is 11.9 Å². The van der Waals surface area contributed by atoms with Crippen LogP contribution in [0.5, 0.6) is 0 Å². The first-order chi connectivity index (χ1) is 12.1. The second kappa shape index (κ2) is 7.87. The lowest BCUT2D eigenvalue weighted by atomic mass is 9.94. The summed E-state index contributed by atoms with van der Waals surface area (Å²) in [6.45, 7) is 0. The summed E-state index contributed by atoms with van der Waals surface area (Å²) in [4.78, 5) is 27.1. The highest BCUT2D eigenvalue weighted by molar-refractivity contribution is 9.10. The molecule has 0 bridgehead atoms. The number of para-hydroxylation sites is 1. The fraction of sp³-hybridized carbons (Fsp3) is 0.368. The molecule has 3 rings (SSSR count). The smallest absolute Gasteiger partial charge is 0.291 e. The first-order valence-electron chi connectivity index (χ1n) is 8.49. The molecule has 25 heavy (non-hydrogen) atoms. The monoisotopic (exact) mass is 404 g/mol. The van der Waals surface area contributed by atoms with Crippen molar-refractivity contribution < 1.29 is 14.0 Å². The van der Waals surface area contributed by atoms with Crippen molar-refractivity contribution in [3.63, 3.8) is 0 Å². The van der Waals surface area contributed by atoms with Gasteiger partial charge in [-0.2, -0.15) is 0 Å². The molecule has 0 aliphatic heterocycles. The van der Waals surface area contributed by atoms with Gasteiger partial charge in [-0.25, -0.2) is 0 Å². The van der Waals surface area contributed by atoms with Crippen molar-refractivity contribution in [3.8, 4) is 0 Å². The summed E-state index contributed by atoms with van der Waals surface area (Å²) in [6, 6.07) is 10.6. The number of nitrogens with one attached hydrogen (secondary N) is 1. The van der Waals surface area contributed by atoms with Crippen molar-refractivity contribution in [1.29, 1.82) is 0 Å². The molecule has 5 nitrogen and oxygen atoms in total. The molecule has 1 aliphatic rings. The van der Waals surface area contributed by atoms with E-state index < -0.39 is 0 Å². The number of halogens is 1. The van der Waals surface area contributed by atoms with Gasteiger partial charge >= 0.3 is 0 Å². The molecule has 1 heterocycles. The number of hydrogen-bond acceptors (Lipinski definition) is 3. The van der Waals surface area contributed by atoms with Gasteiger partial charge in [-0.15, -0.1) is 0 Å². The van der Waals surface area contributed by atoms with E-state index in [0.29, 0.717) is 15.9 Å². The first-order valence-corrected chi connectivity index (χ1v) is 9.28. The summed E-state index contributed by atoms with van der Waals surface area (Å²) in [6.07, 6.45) is 5.64. The van der Waals surface area contributed by atoms with E-state index in [1.165, 1.54) is 6.42 Å². The minimum atomic E-state index is -0.383. The highest BCUT2D eigenvalue weighted by Gasteiger charge is 2.25. The maximum absolute atomic E-state index is 12.9. The van der Waals surface area contributed by atoms with Gasteiger partial charge in [-0.3, -0.25) is 9.59 Å². The number of rotatable bonds is 4. The number of anilines is 1. The highest BCUT2D eigenvalue weighted by Crippen LogP contribution is 2.25. The molecule has 6 heteroatoms. The Morgan fingerprint density at radius 3 is 2.52 bits per heavy atom. The van der Waals surface area contributed by atoms with Crippen LogP contribution in [0.25, 0.3) is 0 Å². The van der Waals surface area contributed by atoms with Crippen LogP contribution in [0, 0.1) is 0 Å². The second-order valence-electron chi connectivity index (χ2n) is 6.31. The molecule has 1 aliphatic carbocycles. The molecule has 0 spiro atoms. The molecule has 132 valence electrons. The van der Waals surface area contributed by atoms with E-state index >= 15 is 0 Å². The Morgan fingerprint density at radius 1 is 1.12 bits per heavy atom. The molecule has 1 N–H and O–H groups in total. The Hall–Kier alpha value is -2.08. The third-order valence-corrected chi connectivity index (χ3v) is 5.07. The fourth-order valence-corrected chi connectivity index (χ4v) is 3.53. The first kappa shape index (κ1) is 17.7. The van der Waals surface area contributed by atoms with Crippen LogP contribution in [-0.2, 0) is 0 Å². The van der Waals surface area contributed by atoms with Crippen molar-refractivity contribution in [3.05, 3.63) is 52.4 Å². The predicted molar refractivity (Wildman–Crippen MR) is 99.8 cm³/mol. The van der Waals surface area contributed by atoms with Crippen molar-refractivity contribution in [2.45, 2.75) is 38.1 Å². The van der Waals surface area contributed by atoms with Crippen LogP contribution < -0.4 is 5.32 Å². The van der Waals surface area contributed by atoms with Gasteiger partial charge < -0.3 is 14.6 Å². The normalized spacial score (nSPS) is 15.0. The average molecular weight is 405 g/mol. The molecule has 2 amide bonds. The van der Waals surface area contributed by atoms with E-state index in [9.17, 15) is 9.59 Å². The maximum Gasteiger partial charge on any atom is 0.291 e. The molecule has 2 aromatic rings. The second-order valence-corrected chi connectivity index (χ2v) is 7.09. The number of nitrogens with zero attached hydrogens (tertiary/aromatic N) is 1. The summed E-state index contributed by atoms with van der Waals surface area (Å²) < 4.78 is 5.75. The van der Waals surface area contributed by atoms with Crippen LogP contribution in [0.3, 0.4) is 0 Å². The zero-order chi connectivity index (χ0) is 17.8. The van der Waals surface area contributed by atoms with Crippen molar-refractivity contribution in [1.82, 2.24) is 4.90 Å². The van der Waals surface area contributed by atoms with Crippen LogP contribution in [0.15, 0.2) is 45.5 Å². The Morgan fingerprint density at radius 2 is 1.84 bits per heavy atom. The van der Waals surface area contributed by atoms with E-state index in [0.717, 1.165) is 25.7 Å². The molecular weight excluding hydrogens is 384 g/mol. The quantitative estimate of drug-likeness (QED) is 0.802. The molecule has 1 saturated carbocycles. The van der Waals surface area contributed by atoms with Crippen LogP contribution in [0.4, 0.5) is 5.69 Å². The Labute approximate surface area is 155 Å². The molecule has 0 unspecified atom stereocenters. The molecule has 1 aromatic heterocycles. The van der Waals surface area contributed by atoms with Crippen molar-refractivity contribution in [2.75, 3.05) is 12.4 Å². The largest absolute Gasteiger partial charge is 0.444 e. The standard InChI is InChI=1S/C19H21BrN2O3/c1-22(13-7-3-2-4-8-13)19(24)14-9-5-6-10-15(14)21-18(23)16-11-12-17(20)25-16/h5-6,9-13H,2-4,7-8H2,1H3,(H,21,23). The van der Waals surface area contributed by atoms with Crippen LogP contribution >= 0.6 is 15.9 Å². The van der Waals surface area contributed by atoms with Crippen LogP contribution in [-0.4, -0.2) is 29.8 Å². The Balaban J connectivity index is 1.78. The van der Waals surface area contributed by atoms with Gasteiger partial charge in [0.15, 0.2) is 10.4 Å². The zero-order valence-corrected chi connectivity index (χ0v) is 15.7. The predicted octanol–water partition coefficient (Wildman–Crippen LogP) is 4.70. The summed E-state index contributed by atoms with van der Waals surface area (Å²) in [5, 5.41) is 2.78. The highest BCUT2D eigenvalue weighted by atomic mass is 79.9. The third-order valence-electron chi connectivity index (χ3n) is 4.65. The van der Waals surface area contributed by atoms with Gasteiger partial charge in [-0.05, 0) is 53.0 Å². The lowest BCUT2D eigenvalue weighted by Gasteiger charge is -2.31. The topological polar surface area (TPSA) is 62.6 Å². The lowest BCUT2D eigenvalue weighted by Crippen LogP contribution is -2.38. The molecule has 1 aromatic carbocycles. The lowest BCUT2D eigenvalue weighted by molar-refractivity contribution is 0.0697. The number of carbonyl (C=O) groups is 2. The average Bonchev–Trinajstić information content (AvgIpc) is 3.08.